The first kappa shape index (κ1) is 19.7. The van der Waals surface area contributed by atoms with E-state index in [2.05, 4.69) is 11.8 Å². The van der Waals surface area contributed by atoms with Gasteiger partial charge >= 0.3 is 6.09 Å². The standard InChI is InChI=1S/C24H25NO3/c1-17(15-16-18-11-7-6-8-12-18)24(5)19-13-9-10-14-20(19)25(21(24)26)22(27)28-23(2,3)4/h6-14,17H,1-5H3/t17-,24-/m0/s1. The minimum Gasteiger partial charge on any atom is -0.443 e. The summed E-state index contributed by atoms with van der Waals surface area (Å²) < 4.78 is 5.48. The van der Waals surface area contributed by atoms with Gasteiger partial charge in [-0.2, -0.15) is 0 Å². The number of nitrogens with zero attached hydrogens (tertiary/aromatic N) is 1. The maximum atomic E-state index is 13.4. The van der Waals surface area contributed by atoms with Crippen molar-refractivity contribution in [1.29, 1.82) is 0 Å². The number of ether oxygens (including phenoxy) is 1. The molecule has 0 aromatic heterocycles. The molecule has 0 bridgehead atoms. The fourth-order valence-corrected chi connectivity index (χ4v) is 3.33. The summed E-state index contributed by atoms with van der Waals surface area (Å²) in [7, 11) is 0. The summed E-state index contributed by atoms with van der Waals surface area (Å²) in [5, 5.41) is 0. The number of imide groups is 1. The third kappa shape index (κ3) is 3.53. The van der Waals surface area contributed by atoms with Crippen LogP contribution in [0.2, 0.25) is 0 Å². The van der Waals surface area contributed by atoms with E-state index in [1.54, 1.807) is 26.8 Å². The summed E-state index contributed by atoms with van der Waals surface area (Å²) in [5.74, 6) is 5.75. The summed E-state index contributed by atoms with van der Waals surface area (Å²) in [5.41, 5.74) is 0.623. The molecule has 2 amide bonds. The summed E-state index contributed by atoms with van der Waals surface area (Å²) >= 11 is 0. The van der Waals surface area contributed by atoms with Crippen LogP contribution in [0.3, 0.4) is 0 Å². The van der Waals surface area contributed by atoms with Gasteiger partial charge in [0.15, 0.2) is 0 Å². The molecule has 1 heterocycles. The smallest absolute Gasteiger partial charge is 0.421 e. The fraction of sp³-hybridized carbons (Fsp3) is 0.333. The second-order valence-electron chi connectivity index (χ2n) is 8.20. The molecule has 144 valence electrons. The van der Waals surface area contributed by atoms with Gasteiger partial charge in [-0.05, 0) is 51.5 Å². The molecule has 28 heavy (non-hydrogen) atoms. The summed E-state index contributed by atoms with van der Waals surface area (Å²) in [4.78, 5) is 27.3. The fourth-order valence-electron chi connectivity index (χ4n) is 3.33. The van der Waals surface area contributed by atoms with Crippen LogP contribution in [0.1, 0.15) is 45.7 Å². The van der Waals surface area contributed by atoms with Crippen LogP contribution in [-0.4, -0.2) is 17.6 Å². The van der Waals surface area contributed by atoms with Gasteiger partial charge in [-0.15, -0.1) is 0 Å². The Hall–Kier alpha value is -3.06. The zero-order valence-corrected chi connectivity index (χ0v) is 16.9. The number of amides is 2. The predicted molar refractivity (Wildman–Crippen MR) is 110 cm³/mol. The Morgan fingerprint density at radius 1 is 1.07 bits per heavy atom. The van der Waals surface area contributed by atoms with Crippen molar-refractivity contribution in [3.8, 4) is 11.8 Å². The van der Waals surface area contributed by atoms with Crippen LogP contribution in [0.15, 0.2) is 54.6 Å². The average molecular weight is 375 g/mol. The summed E-state index contributed by atoms with van der Waals surface area (Å²) in [6.07, 6.45) is -0.656. The lowest BCUT2D eigenvalue weighted by Crippen LogP contribution is -2.46. The molecule has 0 saturated carbocycles. The van der Waals surface area contributed by atoms with Gasteiger partial charge < -0.3 is 4.74 Å². The van der Waals surface area contributed by atoms with Crippen LogP contribution in [0.5, 0.6) is 0 Å². The van der Waals surface area contributed by atoms with Crippen molar-refractivity contribution in [1.82, 2.24) is 0 Å². The van der Waals surface area contributed by atoms with Crippen molar-refractivity contribution in [3.05, 3.63) is 65.7 Å². The largest absolute Gasteiger partial charge is 0.443 e. The highest BCUT2D eigenvalue weighted by atomic mass is 16.6. The molecule has 0 spiro atoms. The molecule has 0 saturated heterocycles. The van der Waals surface area contributed by atoms with E-state index in [-0.39, 0.29) is 11.8 Å². The minimum atomic E-state index is -0.935. The number of hydrogen-bond acceptors (Lipinski definition) is 3. The molecular formula is C24H25NO3. The number of hydrogen-bond donors (Lipinski definition) is 0. The quantitative estimate of drug-likeness (QED) is 0.665. The minimum absolute atomic E-state index is 0.297. The van der Waals surface area contributed by atoms with E-state index in [0.29, 0.717) is 5.69 Å². The van der Waals surface area contributed by atoms with Crippen molar-refractivity contribution in [3.63, 3.8) is 0 Å². The molecule has 1 aliphatic rings. The van der Waals surface area contributed by atoms with Gasteiger partial charge in [0.25, 0.3) is 0 Å². The van der Waals surface area contributed by atoms with E-state index < -0.39 is 17.1 Å². The Bertz CT molecular complexity index is 963. The number of fused-ring (bicyclic) bond motifs is 1. The Kier molecular flexibility index (Phi) is 5.04. The van der Waals surface area contributed by atoms with E-state index in [0.717, 1.165) is 16.0 Å². The molecule has 0 fully saturated rings. The summed E-state index contributed by atoms with van der Waals surface area (Å²) in [6, 6.07) is 17.0. The lowest BCUT2D eigenvalue weighted by atomic mass is 9.73. The molecule has 4 nitrogen and oxygen atoms in total. The third-order valence-corrected chi connectivity index (χ3v) is 5.00. The molecule has 3 rings (SSSR count). The highest BCUT2D eigenvalue weighted by Gasteiger charge is 2.53. The number of rotatable bonds is 1. The molecule has 0 unspecified atom stereocenters. The lowest BCUT2D eigenvalue weighted by Gasteiger charge is -2.28. The highest BCUT2D eigenvalue weighted by molar-refractivity contribution is 6.21. The Balaban J connectivity index is 2.00. The number of para-hydroxylation sites is 1. The van der Waals surface area contributed by atoms with Gasteiger partial charge in [0.1, 0.15) is 5.60 Å². The first-order valence-electron chi connectivity index (χ1n) is 9.38. The van der Waals surface area contributed by atoms with Gasteiger partial charge in [0.2, 0.25) is 5.91 Å². The highest BCUT2D eigenvalue weighted by Crippen LogP contribution is 2.46. The molecule has 0 aliphatic carbocycles. The van der Waals surface area contributed by atoms with Crippen molar-refractivity contribution >= 4 is 17.7 Å². The monoisotopic (exact) mass is 375 g/mol. The van der Waals surface area contributed by atoms with E-state index in [1.807, 2.05) is 62.4 Å². The van der Waals surface area contributed by atoms with Gasteiger partial charge in [-0.25, -0.2) is 9.69 Å². The summed E-state index contributed by atoms with van der Waals surface area (Å²) in [6.45, 7) is 9.12. The number of benzene rings is 2. The van der Waals surface area contributed by atoms with E-state index in [4.69, 9.17) is 4.74 Å². The first-order valence-corrected chi connectivity index (χ1v) is 9.38. The first-order chi connectivity index (χ1) is 13.1. The molecule has 2 aromatic rings. The van der Waals surface area contributed by atoms with Crippen LogP contribution in [-0.2, 0) is 14.9 Å². The molecule has 0 radical (unpaired) electrons. The normalized spacial score (nSPS) is 19.5. The van der Waals surface area contributed by atoms with Crippen LogP contribution < -0.4 is 4.90 Å². The SMILES string of the molecule is C[C@@H](C#Cc1ccccc1)[C@]1(C)C(=O)N(C(=O)OC(C)(C)C)c2ccccc21. The maximum Gasteiger partial charge on any atom is 0.421 e. The Labute approximate surface area is 166 Å². The van der Waals surface area contributed by atoms with Crippen molar-refractivity contribution in [2.24, 2.45) is 5.92 Å². The molecule has 1 aliphatic heterocycles. The van der Waals surface area contributed by atoms with Crippen LogP contribution >= 0.6 is 0 Å². The predicted octanol–water partition coefficient (Wildman–Crippen LogP) is 4.91. The number of anilines is 1. The zero-order chi connectivity index (χ0) is 20.5. The lowest BCUT2D eigenvalue weighted by molar-refractivity contribution is -0.123. The van der Waals surface area contributed by atoms with Crippen molar-refractivity contribution in [2.75, 3.05) is 4.90 Å². The Morgan fingerprint density at radius 3 is 2.32 bits per heavy atom. The second-order valence-corrected chi connectivity index (χ2v) is 8.20. The molecular weight excluding hydrogens is 350 g/mol. The van der Waals surface area contributed by atoms with E-state index in [9.17, 15) is 9.59 Å². The van der Waals surface area contributed by atoms with E-state index >= 15 is 0 Å². The van der Waals surface area contributed by atoms with Gasteiger partial charge in [-0.3, -0.25) is 4.79 Å². The molecule has 4 heteroatoms. The number of carbonyl (C=O) groups excluding carboxylic acids is 2. The molecule has 2 aromatic carbocycles. The number of carbonyl (C=O) groups is 2. The molecule has 0 N–H and O–H groups in total. The van der Waals surface area contributed by atoms with E-state index in [1.165, 1.54) is 0 Å². The topological polar surface area (TPSA) is 46.6 Å². The Morgan fingerprint density at radius 2 is 1.68 bits per heavy atom. The van der Waals surface area contributed by atoms with Crippen LogP contribution in [0.25, 0.3) is 0 Å². The van der Waals surface area contributed by atoms with Crippen molar-refractivity contribution < 1.29 is 14.3 Å². The van der Waals surface area contributed by atoms with Gasteiger partial charge in [-0.1, -0.05) is 55.2 Å². The zero-order valence-electron chi connectivity index (χ0n) is 16.9. The third-order valence-electron chi connectivity index (χ3n) is 5.00. The van der Waals surface area contributed by atoms with Crippen molar-refractivity contribution in [2.45, 2.75) is 45.6 Å². The molecule has 2 atom stereocenters. The van der Waals surface area contributed by atoms with Crippen LogP contribution in [0, 0.1) is 17.8 Å². The second kappa shape index (κ2) is 7.16. The van der Waals surface area contributed by atoms with Gasteiger partial charge in [0.05, 0.1) is 11.1 Å². The average Bonchev–Trinajstić information content (AvgIpc) is 2.88. The maximum absolute atomic E-state index is 13.4. The van der Waals surface area contributed by atoms with Gasteiger partial charge in [0, 0.05) is 11.5 Å². The van der Waals surface area contributed by atoms with Crippen LogP contribution in [0.4, 0.5) is 10.5 Å².